The highest BCUT2D eigenvalue weighted by molar-refractivity contribution is 5.89. The second-order valence-corrected chi connectivity index (χ2v) is 9.65. The van der Waals surface area contributed by atoms with Gasteiger partial charge in [0.1, 0.15) is 23.9 Å². The summed E-state index contributed by atoms with van der Waals surface area (Å²) in [7, 11) is 1.60. The molecule has 0 spiro atoms. The Morgan fingerprint density at radius 1 is 1.03 bits per heavy atom. The van der Waals surface area contributed by atoms with E-state index in [4.69, 9.17) is 4.74 Å². The Bertz CT molecular complexity index is 1370. The molecule has 0 radical (unpaired) electrons. The number of rotatable bonds is 10. The molecule has 8 heteroatoms. The molecule has 0 saturated carbocycles. The highest BCUT2D eigenvalue weighted by Crippen LogP contribution is 2.27. The van der Waals surface area contributed by atoms with E-state index in [1.165, 1.54) is 0 Å². The first-order chi connectivity index (χ1) is 17.8. The number of nitrogens with zero attached hydrogens (tertiary/aromatic N) is 4. The summed E-state index contributed by atoms with van der Waals surface area (Å²) >= 11 is 0. The largest absolute Gasteiger partial charge is 0.497 e. The van der Waals surface area contributed by atoms with Crippen molar-refractivity contribution in [3.05, 3.63) is 90.0 Å². The van der Waals surface area contributed by atoms with E-state index in [0.717, 1.165) is 23.1 Å². The van der Waals surface area contributed by atoms with Crippen LogP contribution in [0.15, 0.2) is 78.9 Å². The van der Waals surface area contributed by atoms with Crippen LogP contribution < -0.4 is 10.1 Å². The average Bonchev–Trinajstić information content (AvgIpc) is 3.31. The van der Waals surface area contributed by atoms with Crippen molar-refractivity contribution in [1.82, 2.24) is 25.2 Å². The molecule has 37 heavy (non-hydrogen) atoms. The number of fused-ring (bicyclic) bond motifs is 1. The summed E-state index contributed by atoms with van der Waals surface area (Å²) in [6.07, 6.45) is 0.745. The maximum Gasteiger partial charge on any atom is 0.247 e. The number of nitrogens with one attached hydrogen (secondary N) is 1. The van der Waals surface area contributed by atoms with Crippen molar-refractivity contribution >= 4 is 22.8 Å². The minimum atomic E-state index is -0.847. The lowest BCUT2D eigenvalue weighted by atomic mass is 9.98. The fraction of sp³-hybridized carbons (Fsp3) is 0.310. The Kier molecular flexibility index (Phi) is 7.86. The van der Waals surface area contributed by atoms with Crippen molar-refractivity contribution in [2.24, 2.45) is 0 Å². The van der Waals surface area contributed by atoms with Gasteiger partial charge in [-0.15, -0.1) is 5.10 Å². The van der Waals surface area contributed by atoms with Gasteiger partial charge in [-0.3, -0.25) is 9.59 Å². The highest BCUT2D eigenvalue weighted by Gasteiger charge is 2.34. The second-order valence-electron chi connectivity index (χ2n) is 9.65. The number of amides is 2. The molecular weight excluding hydrogens is 466 g/mol. The summed E-state index contributed by atoms with van der Waals surface area (Å²) in [4.78, 5) is 29.4. The number of para-hydroxylation sites is 1. The van der Waals surface area contributed by atoms with Crippen LogP contribution in [0.5, 0.6) is 5.75 Å². The molecule has 0 bridgehead atoms. The van der Waals surface area contributed by atoms with E-state index in [1.807, 2.05) is 99.6 Å². The number of benzene rings is 3. The lowest BCUT2D eigenvalue weighted by molar-refractivity contribution is -0.143. The molecule has 2 amide bonds. The van der Waals surface area contributed by atoms with E-state index in [9.17, 15) is 9.59 Å². The van der Waals surface area contributed by atoms with Crippen molar-refractivity contribution in [2.45, 2.75) is 51.9 Å². The zero-order valence-corrected chi connectivity index (χ0v) is 21.7. The van der Waals surface area contributed by atoms with Crippen LogP contribution in [0.25, 0.3) is 11.0 Å². The summed E-state index contributed by atoms with van der Waals surface area (Å²) in [5.41, 5.74) is 2.60. The van der Waals surface area contributed by atoms with Gasteiger partial charge in [0.2, 0.25) is 11.8 Å². The van der Waals surface area contributed by atoms with Crippen molar-refractivity contribution < 1.29 is 14.3 Å². The zero-order valence-electron chi connectivity index (χ0n) is 21.7. The molecule has 0 aliphatic carbocycles. The van der Waals surface area contributed by atoms with E-state index in [1.54, 1.807) is 16.7 Å². The molecule has 1 heterocycles. The molecule has 0 aliphatic rings. The monoisotopic (exact) mass is 499 g/mol. The van der Waals surface area contributed by atoms with E-state index >= 15 is 0 Å². The molecule has 4 aromatic rings. The van der Waals surface area contributed by atoms with Crippen LogP contribution in [0, 0.1) is 0 Å². The van der Waals surface area contributed by atoms with Gasteiger partial charge < -0.3 is 15.0 Å². The van der Waals surface area contributed by atoms with Gasteiger partial charge in [-0.25, -0.2) is 4.68 Å². The fourth-order valence-electron chi connectivity index (χ4n) is 4.14. The second kappa shape index (κ2) is 11.2. The van der Waals surface area contributed by atoms with Crippen molar-refractivity contribution in [3.63, 3.8) is 0 Å². The summed E-state index contributed by atoms with van der Waals surface area (Å²) in [5, 5.41) is 11.5. The van der Waals surface area contributed by atoms with Crippen LogP contribution >= 0.6 is 0 Å². The highest BCUT2D eigenvalue weighted by atomic mass is 16.5. The van der Waals surface area contributed by atoms with Gasteiger partial charge in [-0.1, -0.05) is 66.7 Å². The van der Waals surface area contributed by atoms with Gasteiger partial charge in [0.05, 0.1) is 12.6 Å². The third-order valence-corrected chi connectivity index (χ3v) is 6.53. The van der Waals surface area contributed by atoms with Gasteiger partial charge in [0, 0.05) is 12.1 Å². The SMILES string of the molecule is CCC(C)(C)NC(=O)[C@H](c1ccccc1)N(Cc1cccc(OC)c1)C(=O)Cn1nnc2ccccc21. The predicted molar refractivity (Wildman–Crippen MR) is 143 cm³/mol. The van der Waals surface area contributed by atoms with Gasteiger partial charge in [0.15, 0.2) is 0 Å². The van der Waals surface area contributed by atoms with E-state index in [0.29, 0.717) is 11.3 Å². The van der Waals surface area contributed by atoms with E-state index in [-0.39, 0.29) is 24.9 Å². The van der Waals surface area contributed by atoms with Crippen LogP contribution in [-0.4, -0.2) is 44.4 Å². The van der Waals surface area contributed by atoms with Crippen molar-refractivity contribution in [3.8, 4) is 5.75 Å². The lowest BCUT2D eigenvalue weighted by Crippen LogP contribution is -2.50. The molecule has 3 aromatic carbocycles. The number of ether oxygens (including phenoxy) is 1. The van der Waals surface area contributed by atoms with Crippen LogP contribution in [0.1, 0.15) is 44.4 Å². The number of hydrogen-bond acceptors (Lipinski definition) is 5. The van der Waals surface area contributed by atoms with Crippen LogP contribution in [0.2, 0.25) is 0 Å². The maximum atomic E-state index is 14.0. The summed E-state index contributed by atoms with van der Waals surface area (Å²) in [5.74, 6) is 0.189. The van der Waals surface area contributed by atoms with Crippen molar-refractivity contribution in [2.75, 3.05) is 7.11 Å². The minimum absolute atomic E-state index is 0.0573. The number of hydrogen-bond donors (Lipinski definition) is 1. The zero-order chi connectivity index (χ0) is 26.4. The minimum Gasteiger partial charge on any atom is -0.497 e. The Morgan fingerprint density at radius 2 is 1.76 bits per heavy atom. The number of carbonyl (C=O) groups excluding carboxylic acids is 2. The molecule has 192 valence electrons. The molecule has 1 aromatic heterocycles. The van der Waals surface area contributed by atoms with E-state index in [2.05, 4.69) is 15.6 Å². The number of methoxy groups -OCH3 is 1. The fourth-order valence-corrected chi connectivity index (χ4v) is 4.14. The topological polar surface area (TPSA) is 89.4 Å². The Balaban J connectivity index is 1.76. The average molecular weight is 500 g/mol. The third-order valence-electron chi connectivity index (χ3n) is 6.53. The smallest absolute Gasteiger partial charge is 0.247 e. The first-order valence-corrected chi connectivity index (χ1v) is 12.4. The number of carbonyl (C=O) groups is 2. The van der Waals surface area contributed by atoms with Gasteiger partial charge in [0.25, 0.3) is 0 Å². The first-order valence-electron chi connectivity index (χ1n) is 12.4. The molecular formula is C29H33N5O3. The van der Waals surface area contributed by atoms with Crippen LogP contribution in [-0.2, 0) is 22.7 Å². The lowest BCUT2D eigenvalue weighted by Gasteiger charge is -2.34. The Hall–Kier alpha value is -4.20. The van der Waals surface area contributed by atoms with Gasteiger partial charge in [-0.05, 0) is 55.7 Å². The molecule has 1 atom stereocenters. The molecule has 0 aliphatic heterocycles. The molecule has 4 rings (SSSR count). The molecule has 1 N–H and O–H groups in total. The Morgan fingerprint density at radius 3 is 2.49 bits per heavy atom. The van der Waals surface area contributed by atoms with E-state index < -0.39 is 11.6 Å². The molecule has 0 saturated heterocycles. The number of aromatic nitrogens is 3. The first kappa shape index (κ1) is 25.9. The van der Waals surface area contributed by atoms with Gasteiger partial charge in [-0.2, -0.15) is 0 Å². The molecule has 0 unspecified atom stereocenters. The quantitative estimate of drug-likeness (QED) is 0.347. The normalized spacial score (nSPS) is 12.2. The third kappa shape index (κ3) is 6.14. The molecule has 0 fully saturated rings. The van der Waals surface area contributed by atoms with Gasteiger partial charge >= 0.3 is 0 Å². The summed E-state index contributed by atoms with van der Waals surface area (Å²) in [6, 6.07) is 23.6. The summed E-state index contributed by atoms with van der Waals surface area (Å²) in [6.45, 7) is 6.12. The standard InChI is InChI=1S/C29H33N5O3/c1-5-29(2,3)30-28(36)27(22-13-7-6-8-14-22)33(19-21-12-11-15-23(18-21)37-4)26(35)20-34-25-17-10-9-16-24(25)31-32-34/h6-18,27H,5,19-20H2,1-4H3,(H,30,36)/t27-/m0/s1. The van der Waals surface area contributed by atoms with Crippen LogP contribution in [0.4, 0.5) is 0 Å². The summed E-state index contributed by atoms with van der Waals surface area (Å²) < 4.78 is 6.97. The van der Waals surface area contributed by atoms with Crippen molar-refractivity contribution in [1.29, 1.82) is 0 Å². The maximum absolute atomic E-state index is 14.0. The van der Waals surface area contributed by atoms with Crippen LogP contribution in [0.3, 0.4) is 0 Å². The molecule has 8 nitrogen and oxygen atoms in total. The predicted octanol–water partition coefficient (Wildman–Crippen LogP) is 4.51. The Labute approximate surface area is 217 Å².